The van der Waals surface area contributed by atoms with Crippen molar-refractivity contribution in [3.8, 4) is 0 Å². The second-order valence-electron chi connectivity index (χ2n) is 4.94. The molecule has 0 spiro atoms. The van der Waals surface area contributed by atoms with E-state index in [-0.39, 0.29) is 0 Å². The molecule has 108 valence electrons. The number of hydrogen-bond donors (Lipinski definition) is 1. The molecule has 0 saturated carbocycles. The van der Waals surface area contributed by atoms with Crippen LogP contribution in [0.3, 0.4) is 0 Å². The van der Waals surface area contributed by atoms with Crippen LogP contribution in [0.2, 0.25) is 5.02 Å². The summed E-state index contributed by atoms with van der Waals surface area (Å²) in [6, 6.07) is 8.72. The Hall–Kier alpha value is -0.350. The van der Waals surface area contributed by atoms with Crippen molar-refractivity contribution in [2.24, 2.45) is 0 Å². The SMILES string of the molecule is CCCNC(Cc1cc(Br)cs1)c1ccc(Cl)cc1C. The van der Waals surface area contributed by atoms with Gasteiger partial charge in [-0.05, 0) is 65.1 Å². The van der Waals surface area contributed by atoms with Gasteiger partial charge in [0, 0.05) is 32.2 Å². The Labute approximate surface area is 138 Å². The number of aryl methyl sites for hydroxylation is 1. The third kappa shape index (κ3) is 4.32. The van der Waals surface area contributed by atoms with Crippen LogP contribution in [0.5, 0.6) is 0 Å². The van der Waals surface area contributed by atoms with E-state index in [0.717, 1.165) is 24.4 Å². The predicted molar refractivity (Wildman–Crippen MR) is 92.9 cm³/mol. The Morgan fingerprint density at radius 2 is 2.15 bits per heavy atom. The van der Waals surface area contributed by atoms with Gasteiger partial charge in [-0.2, -0.15) is 0 Å². The summed E-state index contributed by atoms with van der Waals surface area (Å²) in [4.78, 5) is 1.39. The zero-order chi connectivity index (χ0) is 14.5. The lowest BCUT2D eigenvalue weighted by Crippen LogP contribution is -2.24. The smallest absolute Gasteiger partial charge is 0.0408 e. The van der Waals surface area contributed by atoms with Crippen molar-refractivity contribution < 1.29 is 0 Å². The number of rotatable bonds is 6. The van der Waals surface area contributed by atoms with Crippen molar-refractivity contribution in [1.29, 1.82) is 0 Å². The molecule has 2 rings (SSSR count). The van der Waals surface area contributed by atoms with Crippen LogP contribution >= 0.6 is 38.9 Å². The molecule has 0 aliphatic heterocycles. The van der Waals surface area contributed by atoms with Crippen molar-refractivity contribution in [1.82, 2.24) is 5.32 Å². The molecule has 4 heteroatoms. The summed E-state index contributed by atoms with van der Waals surface area (Å²) >= 11 is 11.4. The molecule has 0 amide bonds. The molecule has 0 aliphatic carbocycles. The first-order chi connectivity index (χ1) is 9.60. The number of hydrogen-bond acceptors (Lipinski definition) is 2. The lowest BCUT2D eigenvalue weighted by molar-refractivity contribution is 0.530. The monoisotopic (exact) mass is 371 g/mol. The molecule has 1 atom stereocenters. The van der Waals surface area contributed by atoms with Crippen LogP contribution < -0.4 is 5.32 Å². The molecular weight excluding hydrogens is 354 g/mol. The summed E-state index contributed by atoms with van der Waals surface area (Å²) in [5, 5.41) is 6.60. The van der Waals surface area contributed by atoms with Gasteiger partial charge in [-0.25, -0.2) is 0 Å². The van der Waals surface area contributed by atoms with Gasteiger partial charge in [0.15, 0.2) is 0 Å². The van der Waals surface area contributed by atoms with E-state index in [1.165, 1.54) is 20.5 Å². The fourth-order valence-corrected chi connectivity index (χ4v) is 4.03. The number of nitrogens with one attached hydrogen (secondary N) is 1. The van der Waals surface area contributed by atoms with Crippen LogP contribution in [0.1, 0.15) is 35.4 Å². The minimum absolute atomic E-state index is 0.345. The molecule has 0 radical (unpaired) electrons. The van der Waals surface area contributed by atoms with Crippen LogP contribution in [0.4, 0.5) is 0 Å². The van der Waals surface area contributed by atoms with Gasteiger partial charge in [0.2, 0.25) is 0 Å². The molecule has 1 N–H and O–H groups in total. The third-order valence-electron chi connectivity index (χ3n) is 3.28. The second kappa shape index (κ2) is 7.60. The first-order valence-corrected chi connectivity index (χ1v) is 8.87. The Bertz CT molecular complexity index is 567. The summed E-state index contributed by atoms with van der Waals surface area (Å²) in [5.74, 6) is 0. The maximum absolute atomic E-state index is 6.06. The highest BCUT2D eigenvalue weighted by molar-refractivity contribution is 9.10. The van der Waals surface area contributed by atoms with E-state index in [1.54, 1.807) is 11.3 Å². The van der Waals surface area contributed by atoms with Crippen LogP contribution in [0.25, 0.3) is 0 Å². The molecule has 1 unspecified atom stereocenters. The lowest BCUT2D eigenvalue weighted by atomic mass is 9.98. The minimum Gasteiger partial charge on any atom is -0.310 e. The van der Waals surface area contributed by atoms with Gasteiger partial charge in [0.1, 0.15) is 0 Å². The maximum atomic E-state index is 6.06. The van der Waals surface area contributed by atoms with E-state index < -0.39 is 0 Å². The number of halogens is 2. The van der Waals surface area contributed by atoms with Gasteiger partial charge in [-0.1, -0.05) is 24.6 Å². The standard InChI is InChI=1S/C16H19BrClNS/c1-3-6-19-16(9-14-8-12(17)10-20-14)15-5-4-13(18)7-11(15)2/h4-5,7-8,10,16,19H,3,6,9H2,1-2H3. The highest BCUT2D eigenvalue weighted by atomic mass is 79.9. The molecule has 1 nitrogen and oxygen atoms in total. The maximum Gasteiger partial charge on any atom is 0.0408 e. The van der Waals surface area contributed by atoms with E-state index in [4.69, 9.17) is 11.6 Å². The number of benzene rings is 1. The third-order valence-corrected chi connectivity index (χ3v) is 5.23. The molecule has 20 heavy (non-hydrogen) atoms. The number of thiophene rings is 1. The van der Waals surface area contributed by atoms with Gasteiger partial charge < -0.3 is 5.32 Å². The van der Waals surface area contributed by atoms with Gasteiger partial charge in [0.25, 0.3) is 0 Å². The van der Waals surface area contributed by atoms with Crippen LogP contribution in [-0.2, 0) is 6.42 Å². The van der Waals surface area contributed by atoms with Crippen molar-refractivity contribution in [2.75, 3.05) is 6.54 Å². The van der Waals surface area contributed by atoms with Crippen LogP contribution in [0.15, 0.2) is 34.1 Å². The first kappa shape index (κ1) is 16.0. The molecule has 1 aromatic heterocycles. The molecule has 0 fully saturated rings. The molecule has 0 aliphatic rings. The van der Waals surface area contributed by atoms with Crippen molar-refractivity contribution >= 4 is 38.9 Å². The zero-order valence-electron chi connectivity index (χ0n) is 11.7. The first-order valence-electron chi connectivity index (χ1n) is 6.82. The lowest BCUT2D eigenvalue weighted by Gasteiger charge is -2.20. The topological polar surface area (TPSA) is 12.0 Å². The Kier molecular flexibility index (Phi) is 6.09. The predicted octanol–water partition coefficient (Wildman–Crippen LogP) is 5.76. The summed E-state index contributed by atoms with van der Waals surface area (Å²) < 4.78 is 1.17. The average Bonchev–Trinajstić information content (AvgIpc) is 2.80. The van der Waals surface area contributed by atoms with Crippen LogP contribution in [0, 0.1) is 6.92 Å². The summed E-state index contributed by atoms with van der Waals surface area (Å²) in [5.41, 5.74) is 2.59. The minimum atomic E-state index is 0.345. The van der Waals surface area contributed by atoms with Gasteiger partial charge in [0.05, 0.1) is 0 Å². The Morgan fingerprint density at radius 3 is 2.75 bits per heavy atom. The fourth-order valence-electron chi connectivity index (χ4n) is 2.30. The van der Waals surface area contributed by atoms with Gasteiger partial charge >= 0.3 is 0 Å². The van der Waals surface area contributed by atoms with Crippen molar-refractivity contribution in [3.05, 3.63) is 55.1 Å². The van der Waals surface area contributed by atoms with Crippen molar-refractivity contribution in [2.45, 2.75) is 32.7 Å². The average molecular weight is 373 g/mol. The summed E-state index contributed by atoms with van der Waals surface area (Å²) in [7, 11) is 0. The fraction of sp³-hybridized carbons (Fsp3) is 0.375. The van der Waals surface area contributed by atoms with E-state index >= 15 is 0 Å². The molecular formula is C16H19BrClNS. The molecule has 2 aromatic rings. The van der Waals surface area contributed by atoms with E-state index in [0.29, 0.717) is 6.04 Å². The van der Waals surface area contributed by atoms with E-state index in [2.05, 4.69) is 52.6 Å². The molecule has 0 bridgehead atoms. The second-order valence-corrected chi connectivity index (χ2v) is 7.29. The quantitative estimate of drug-likeness (QED) is 0.680. The van der Waals surface area contributed by atoms with Crippen LogP contribution in [-0.4, -0.2) is 6.54 Å². The Balaban J connectivity index is 2.22. The molecule has 1 heterocycles. The van der Waals surface area contributed by atoms with Crippen molar-refractivity contribution in [3.63, 3.8) is 0 Å². The summed E-state index contributed by atoms with van der Waals surface area (Å²) in [6.07, 6.45) is 2.15. The summed E-state index contributed by atoms with van der Waals surface area (Å²) in [6.45, 7) is 5.35. The largest absolute Gasteiger partial charge is 0.310 e. The molecule has 0 saturated heterocycles. The highest BCUT2D eigenvalue weighted by Gasteiger charge is 2.15. The zero-order valence-corrected chi connectivity index (χ0v) is 14.9. The Morgan fingerprint density at radius 1 is 1.35 bits per heavy atom. The van der Waals surface area contributed by atoms with E-state index in [9.17, 15) is 0 Å². The van der Waals surface area contributed by atoms with Gasteiger partial charge in [-0.3, -0.25) is 0 Å². The highest BCUT2D eigenvalue weighted by Crippen LogP contribution is 2.28. The van der Waals surface area contributed by atoms with Gasteiger partial charge in [-0.15, -0.1) is 11.3 Å². The normalized spacial score (nSPS) is 12.6. The van der Waals surface area contributed by atoms with E-state index in [1.807, 2.05) is 12.1 Å². The molecule has 1 aromatic carbocycles.